The summed E-state index contributed by atoms with van der Waals surface area (Å²) in [5.74, 6) is -2.98. The highest BCUT2D eigenvalue weighted by atomic mass is 19.3. The molecule has 1 fully saturated rings. The molecule has 1 aliphatic heterocycles. The van der Waals surface area contributed by atoms with Gasteiger partial charge in [-0.05, 0) is 27.7 Å². The van der Waals surface area contributed by atoms with Crippen molar-refractivity contribution in [3.8, 4) is 0 Å². The van der Waals surface area contributed by atoms with E-state index in [2.05, 4.69) is 0 Å². The lowest BCUT2D eigenvalue weighted by atomic mass is 9.99. The molecule has 1 aliphatic rings. The molecule has 1 N–H and O–H groups in total. The van der Waals surface area contributed by atoms with Gasteiger partial charge in [0.15, 0.2) is 0 Å². The fourth-order valence-electron chi connectivity index (χ4n) is 1.87. The van der Waals surface area contributed by atoms with Gasteiger partial charge in [0.2, 0.25) is 0 Å². The van der Waals surface area contributed by atoms with E-state index in [0.717, 1.165) is 4.90 Å². The van der Waals surface area contributed by atoms with Crippen LogP contribution in [-0.2, 0) is 4.74 Å². The number of aliphatic hydroxyl groups is 1. The number of nitrogens with zero attached hydrogens (tertiary/aromatic N) is 1. The summed E-state index contributed by atoms with van der Waals surface area (Å²) in [6.07, 6.45) is -1.36. The second-order valence-electron chi connectivity index (χ2n) is 5.75. The molecule has 1 atom stereocenters. The van der Waals surface area contributed by atoms with Crippen molar-refractivity contribution >= 4 is 6.09 Å². The fraction of sp³-hybridized carbons (Fsp3) is 0.909. The molecule has 0 saturated carbocycles. The first-order valence-electron chi connectivity index (χ1n) is 5.48. The summed E-state index contributed by atoms with van der Waals surface area (Å²) in [6, 6.07) is 0. The molecular weight excluding hydrogens is 232 g/mol. The minimum Gasteiger partial charge on any atom is -0.444 e. The minimum atomic E-state index is -2.98. The molecule has 0 aromatic carbocycles. The number of aliphatic hydroxyl groups excluding tert-OH is 1. The van der Waals surface area contributed by atoms with Crippen LogP contribution in [0.5, 0.6) is 0 Å². The van der Waals surface area contributed by atoms with Crippen molar-refractivity contribution in [1.82, 2.24) is 4.90 Å². The lowest BCUT2D eigenvalue weighted by Gasteiger charge is -2.34. The third kappa shape index (κ3) is 3.28. The number of carbonyl (C=O) groups is 1. The van der Waals surface area contributed by atoms with Gasteiger partial charge in [-0.25, -0.2) is 13.6 Å². The molecule has 0 aromatic heterocycles. The monoisotopic (exact) mass is 251 g/mol. The summed E-state index contributed by atoms with van der Waals surface area (Å²) >= 11 is 0. The second kappa shape index (κ2) is 4.08. The maximum atomic E-state index is 13.3. The number of carbonyl (C=O) groups excluding carboxylic acids is 1. The first-order chi connectivity index (χ1) is 7.49. The Morgan fingerprint density at radius 2 is 2.00 bits per heavy atom. The lowest BCUT2D eigenvalue weighted by molar-refractivity contribution is -0.00645. The molecule has 4 nitrogen and oxygen atoms in total. The second-order valence-corrected chi connectivity index (χ2v) is 5.75. The van der Waals surface area contributed by atoms with E-state index in [9.17, 15) is 18.7 Å². The first kappa shape index (κ1) is 14.2. The van der Waals surface area contributed by atoms with Crippen LogP contribution in [0.25, 0.3) is 0 Å². The van der Waals surface area contributed by atoms with Crippen molar-refractivity contribution in [2.24, 2.45) is 0 Å². The normalized spacial score (nSPS) is 28.3. The number of halogens is 2. The van der Waals surface area contributed by atoms with E-state index in [0.29, 0.717) is 0 Å². The summed E-state index contributed by atoms with van der Waals surface area (Å²) < 4.78 is 31.7. The highest BCUT2D eigenvalue weighted by Crippen LogP contribution is 2.39. The van der Waals surface area contributed by atoms with Crippen molar-refractivity contribution in [3.63, 3.8) is 0 Å². The largest absolute Gasteiger partial charge is 0.444 e. The minimum absolute atomic E-state index is 0.512. The van der Waals surface area contributed by atoms with Gasteiger partial charge >= 0.3 is 6.09 Å². The van der Waals surface area contributed by atoms with E-state index < -0.39 is 42.7 Å². The van der Waals surface area contributed by atoms with Crippen LogP contribution in [0.3, 0.4) is 0 Å². The first-order valence-corrected chi connectivity index (χ1v) is 5.48. The third-order valence-corrected chi connectivity index (χ3v) is 2.64. The van der Waals surface area contributed by atoms with Crippen molar-refractivity contribution in [2.75, 3.05) is 13.2 Å². The Kier molecular flexibility index (Phi) is 3.40. The van der Waals surface area contributed by atoms with Crippen LogP contribution < -0.4 is 0 Å². The zero-order valence-corrected chi connectivity index (χ0v) is 10.6. The summed E-state index contributed by atoms with van der Waals surface area (Å²) in [5, 5.41) is 9.19. The zero-order chi connectivity index (χ0) is 13.5. The van der Waals surface area contributed by atoms with E-state index in [4.69, 9.17) is 4.74 Å². The SMILES string of the molecule is CC(C)(C)OC(=O)N1CC(F)(F)CC1(C)CO. The average Bonchev–Trinajstić information content (AvgIpc) is 2.34. The van der Waals surface area contributed by atoms with Crippen LogP contribution in [0.1, 0.15) is 34.1 Å². The van der Waals surface area contributed by atoms with Gasteiger partial charge in [-0.2, -0.15) is 0 Å². The molecule has 0 bridgehead atoms. The average molecular weight is 251 g/mol. The van der Waals surface area contributed by atoms with Crippen LogP contribution in [-0.4, -0.2) is 46.3 Å². The molecule has 6 heteroatoms. The van der Waals surface area contributed by atoms with Crippen molar-refractivity contribution in [1.29, 1.82) is 0 Å². The molecular formula is C11H19F2NO3. The van der Waals surface area contributed by atoms with Gasteiger partial charge in [-0.1, -0.05) is 0 Å². The van der Waals surface area contributed by atoms with E-state index in [-0.39, 0.29) is 0 Å². The Hall–Kier alpha value is -0.910. The predicted molar refractivity (Wildman–Crippen MR) is 58.0 cm³/mol. The molecule has 0 aliphatic carbocycles. The quantitative estimate of drug-likeness (QED) is 0.775. The smallest absolute Gasteiger partial charge is 0.411 e. The van der Waals surface area contributed by atoms with Crippen molar-refractivity contribution in [3.05, 3.63) is 0 Å². The van der Waals surface area contributed by atoms with E-state index >= 15 is 0 Å². The molecule has 1 unspecified atom stereocenters. The summed E-state index contributed by atoms with van der Waals surface area (Å²) in [4.78, 5) is 12.7. The fourth-order valence-corrected chi connectivity index (χ4v) is 1.87. The topological polar surface area (TPSA) is 49.8 Å². The molecule has 0 radical (unpaired) electrons. The van der Waals surface area contributed by atoms with Crippen LogP contribution in [0, 0.1) is 0 Å². The van der Waals surface area contributed by atoms with Crippen LogP contribution in [0.15, 0.2) is 0 Å². The Morgan fingerprint density at radius 1 is 1.47 bits per heavy atom. The maximum absolute atomic E-state index is 13.3. The molecule has 100 valence electrons. The molecule has 0 spiro atoms. The van der Waals surface area contributed by atoms with E-state index in [1.54, 1.807) is 20.8 Å². The Balaban J connectivity index is 2.85. The number of alkyl halides is 2. The van der Waals surface area contributed by atoms with Crippen molar-refractivity contribution in [2.45, 2.75) is 51.2 Å². The molecule has 1 rings (SSSR count). The zero-order valence-electron chi connectivity index (χ0n) is 10.6. The number of amides is 1. The molecule has 1 saturated heterocycles. The number of hydrogen-bond donors (Lipinski definition) is 1. The summed E-state index contributed by atoms with van der Waals surface area (Å²) in [5.41, 5.74) is -2.00. The number of rotatable bonds is 1. The summed E-state index contributed by atoms with van der Waals surface area (Å²) in [6.45, 7) is 5.19. The third-order valence-electron chi connectivity index (χ3n) is 2.64. The molecule has 17 heavy (non-hydrogen) atoms. The standard InChI is InChI=1S/C11H19F2NO3/c1-9(2,3)17-8(16)14-6-11(12,13)5-10(14,4)7-15/h15H,5-7H2,1-4H3. The Labute approximate surface area is 99.5 Å². The molecule has 0 aromatic rings. The van der Waals surface area contributed by atoms with Crippen molar-refractivity contribution < 1.29 is 23.4 Å². The van der Waals surface area contributed by atoms with Gasteiger partial charge < -0.3 is 9.84 Å². The van der Waals surface area contributed by atoms with Crippen LogP contribution >= 0.6 is 0 Å². The van der Waals surface area contributed by atoms with Gasteiger partial charge in [0, 0.05) is 6.42 Å². The molecule has 1 amide bonds. The summed E-state index contributed by atoms with van der Waals surface area (Å²) in [7, 11) is 0. The van der Waals surface area contributed by atoms with Gasteiger partial charge in [0.25, 0.3) is 5.92 Å². The lowest BCUT2D eigenvalue weighted by Crippen LogP contribution is -2.49. The van der Waals surface area contributed by atoms with Gasteiger partial charge in [-0.15, -0.1) is 0 Å². The van der Waals surface area contributed by atoms with Gasteiger partial charge in [0.05, 0.1) is 18.7 Å². The van der Waals surface area contributed by atoms with Crippen LogP contribution in [0.2, 0.25) is 0 Å². The Morgan fingerprint density at radius 3 is 2.41 bits per heavy atom. The number of ether oxygens (including phenoxy) is 1. The highest BCUT2D eigenvalue weighted by Gasteiger charge is 2.54. The van der Waals surface area contributed by atoms with Crippen LogP contribution in [0.4, 0.5) is 13.6 Å². The highest BCUT2D eigenvalue weighted by molar-refractivity contribution is 5.70. The van der Waals surface area contributed by atoms with E-state index in [1.165, 1.54) is 6.92 Å². The predicted octanol–water partition coefficient (Wildman–Crippen LogP) is 2.01. The Bertz CT molecular complexity index is 314. The number of likely N-dealkylation sites (tertiary alicyclic amines) is 1. The molecule has 1 heterocycles. The maximum Gasteiger partial charge on any atom is 0.411 e. The van der Waals surface area contributed by atoms with E-state index in [1.807, 2.05) is 0 Å². The number of hydrogen-bond acceptors (Lipinski definition) is 3. The van der Waals surface area contributed by atoms with Gasteiger partial charge in [0.1, 0.15) is 5.60 Å². The van der Waals surface area contributed by atoms with Gasteiger partial charge in [-0.3, -0.25) is 4.90 Å².